The first-order valence-electron chi connectivity index (χ1n) is 5.87. The second kappa shape index (κ2) is 6.59. The van der Waals surface area contributed by atoms with Crippen molar-refractivity contribution in [1.82, 2.24) is 10.2 Å². The number of carbonyl (C=O) groups is 2. The van der Waals surface area contributed by atoms with E-state index >= 15 is 0 Å². The molecule has 0 radical (unpaired) electrons. The van der Waals surface area contributed by atoms with Crippen molar-refractivity contribution < 1.29 is 14.7 Å². The van der Waals surface area contributed by atoms with E-state index in [1.807, 2.05) is 13.8 Å². The van der Waals surface area contributed by atoms with Crippen LogP contribution in [0.15, 0.2) is 0 Å². The van der Waals surface area contributed by atoms with Gasteiger partial charge in [0.1, 0.15) is 5.54 Å². The summed E-state index contributed by atoms with van der Waals surface area (Å²) in [5.74, 6) is -0.591. The van der Waals surface area contributed by atoms with Crippen molar-refractivity contribution in [3.8, 4) is 0 Å². The molecular formula is C12H24N2O3. The Morgan fingerprint density at radius 1 is 1.35 bits per heavy atom. The molecule has 0 aliphatic rings. The molecule has 0 spiro atoms. The Labute approximate surface area is 103 Å². The largest absolute Gasteiger partial charge is 0.480 e. The summed E-state index contributed by atoms with van der Waals surface area (Å²) >= 11 is 0. The summed E-state index contributed by atoms with van der Waals surface area (Å²) in [5, 5.41) is 12.2. The number of hydrogen-bond acceptors (Lipinski definition) is 3. The van der Waals surface area contributed by atoms with E-state index in [-0.39, 0.29) is 11.8 Å². The molecule has 2 N–H and O–H groups in total. The number of amides is 1. The van der Waals surface area contributed by atoms with Crippen LogP contribution in [0.5, 0.6) is 0 Å². The van der Waals surface area contributed by atoms with E-state index in [0.717, 1.165) is 0 Å². The summed E-state index contributed by atoms with van der Waals surface area (Å²) in [6.07, 6.45) is 0.854. The predicted octanol–water partition coefficient (Wildman–Crippen LogP) is 0.944. The molecule has 0 aromatic rings. The number of hydrogen-bond donors (Lipinski definition) is 2. The fourth-order valence-corrected chi connectivity index (χ4v) is 1.72. The normalized spacial score (nSPS) is 14.5. The molecule has 0 saturated heterocycles. The van der Waals surface area contributed by atoms with Crippen molar-refractivity contribution in [2.75, 3.05) is 20.6 Å². The van der Waals surface area contributed by atoms with Crippen LogP contribution >= 0.6 is 0 Å². The molecule has 0 bridgehead atoms. The van der Waals surface area contributed by atoms with Gasteiger partial charge in [0, 0.05) is 27.1 Å². The molecule has 5 nitrogen and oxygen atoms in total. The predicted molar refractivity (Wildman–Crippen MR) is 66.8 cm³/mol. The maximum atomic E-state index is 11.4. The number of rotatable bonds is 7. The minimum absolute atomic E-state index is 0.00483. The highest BCUT2D eigenvalue weighted by molar-refractivity contribution is 5.78. The number of carboxylic acids is 1. The fraction of sp³-hybridized carbons (Fsp3) is 0.833. The van der Waals surface area contributed by atoms with Crippen molar-refractivity contribution in [2.45, 2.75) is 39.2 Å². The number of carbonyl (C=O) groups excluding carboxylic acids is 1. The number of nitrogens with one attached hydrogen (secondary N) is 1. The van der Waals surface area contributed by atoms with Crippen molar-refractivity contribution in [3.63, 3.8) is 0 Å². The van der Waals surface area contributed by atoms with Crippen LogP contribution in [0.2, 0.25) is 0 Å². The van der Waals surface area contributed by atoms with Gasteiger partial charge in [-0.05, 0) is 19.3 Å². The van der Waals surface area contributed by atoms with Gasteiger partial charge in [0.05, 0.1) is 0 Å². The van der Waals surface area contributed by atoms with Crippen LogP contribution < -0.4 is 5.32 Å². The van der Waals surface area contributed by atoms with Crippen molar-refractivity contribution in [1.29, 1.82) is 0 Å². The van der Waals surface area contributed by atoms with Gasteiger partial charge in [-0.25, -0.2) is 0 Å². The Kier molecular flexibility index (Phi) is 6.16. The van der Waals surface area contributed by atoms with Crippen LogP contribution in [0, 0.1) is 5.92 Å². The topological polar surface area (TPSA) is 69.6 Å². The Balaban J connectivity index is 4.28. The van der Waals surface area contributed by atoms with Gasteiger partial charge in [-0.1, -0.05) is 13.8 Å². The zero-order valence-corrected chi connectivity index (χ0v) is 11.4. The molecule has 0 aliphatic heterocycles. The quantitative estimate of drug-likeness (QED) is 0.699. The molecule has 1 amide bonds. The summed E-state index contributed by atoms with van der Waals surface area (Å²) < 4.78 is 0. The van der Waals surface area contributed by atoms with Crippen LogP contribution in [-0.4, -0.2) is 48.1 Å². The fourth-order valence-electron chi connectivity index (χ4n) is 1.72. The molecule has 1 atom stereocenters. The first-order chi connectivity index (χ1) is 7.69. The lowest BCUT2D eigenvalue weighted by Gasteiger charge is -2.28. The van der Waals surface area contributed by atoms with Crippen LogP contribution in [0.4, 0.5) is 0 Å². The lowest BCUT2D eigenvalue weighted by Crippen LogP contribution is -2.51. The van der Waals surface area contributed by atoms with Gasteiger partial charge in [0.2, 0.25) is 5.91 Å². The molecule has 0 aliphatic carbocycles. The number of carboxylic acid groups (broad SMARTS) is 1. The van der Waals surface area contributed by atoms with E-state index in [4.69, 9.17) is 0 Å². The lowest BCUT2D eigenvalue weighted by molar-refractivity contribution is -0.145. The highest BCUT2D eigenvalue weighted by Gasteiger charge is 2.33. The molecule has 0 aromatic carbocycles. The number of nitrogens with zero attached hydrogens (tertiary/aromatic N) is 1. The monoisotopic (exact) mass is 244 g/mol. The molecule has 5 heteroatoms. The van der Waals surface area contributed by atoms with Crippen molar-refractivity contribution in [3.05, 3.63) is 0 Å². The van der Waals surface area contributed by atoms with Crippen LogP contribution in [0.3, 0.4) is 0 Å². The Morgan fingerprint density at radius 3 is 2.24 bits per heavy atom. The standard InChI is InChI=1S/C12H24N2O3/c1-9(2)8-12(3,11(16)17)13-7-6-10(15)14(4)5/h9,13H,6-8H2,1-5H3,(H,16,17). The van der Waals surface area contributed by atoms with Gasteiger partial charge in [0.25, 0.3) is 0 Å². The third kappa shape index (κ3) is 5.68. The molecule has 100 valence electrons. The molecule has 0 rings (SSSR count). The Bertz CT molecular complexity index is 277. The maximum absolute atomic E-state index is 11.4. The van der Waals surface area contributed by atoms with E-state index in [1.54, 1.807) is 21.0 Å². The zero-order valence-electron chi connectivity index (χ0n) is 11.4. The molecule has 0 aromatic heterocycles. The van der Waals surface area contributed by atoms with E-state index in [9.17, 15) is 14.7 Å². The minimum Gasteiger partial charge on any atom is -0.480 e. The maximum Gasteiger partial charge on any atom is 0.323 e. The summed E-state index contributed by atoms with van der Waals surface area (Å²) in [6, 6.07) is 0. The molecule has 0 heterocycles. The van der Waals surface area contributed by atoms with Crippen LogP contribution in [-0.2, 0) is 9.59 Å². The lowest BCUT2D eigenvalue weighted by atomic mass is 9.90. The van der Waals surface area contributed by atoms with Gasteiger partial charge in [-0.15, -0.1) is 0 Å². The highest BCUT2D eigenvalue weighted by Crippen LogP contribution is 2.16. The molecule has 1 unspecified atom stereocenters. The first-order valence-corrected chi connectivity index (χ1v) is 5.87. The first kappa shape index (κ1) is 15.9. The third-order valence-corrected chi connectivity index (χ3v) is 2.64. The summed E-state index contributed by atoms with van der Waals surface area (Å²) in [5.41, 5.74) is -0.958. The van der Waals surface area contributed by atoms with Gasteiger partial charge >= 0.3 is 5.97 Å². The van der Waals surface area contributed by atoms with Crippen molar-refractivity contribution >= 4 is 11.9 Å². The third-order valence-electron chi connectivity index (χ3n) is 2.64. The van der Waals surface area contributed by atoms with Gasteiger partial charge in [-0.3, -0.25) is 9.59 Å². The second-order valence-corrected chi connectivity index (χ2v) is 5.20. The molecule has 0 fully saturated rings. The summed E-state index contributed by atoms with van der Waals surface area (Å²) in [4.78, 5) is 24.1. The van der Waals surface area contributed by atoms with E-state index in [0.29, 0.717) is 19.4 Å². The van der Waals surface area contributed by atoms with E-state index in [2.05, 4.69) is 5.32 Å². The van der Waals surface area contributed by atoms with E-state index in [1.165, 1.54) is 4.90 Å². The van der Waals surface area contributed by atoms with Gasteiger partial charge in [-0.2, -0.15) is 0 Å². The molecule has 17 heavy (non-hydrogen) atoms. The number of aliphatic carboxylic acids is 1. The highest BCUT2D eigenvalue weighted by atomic mass is 16.4. The van der Waals surface area contributed by atoms with Crippen LogP contribution in [0.1, 0.15) is 33.6 Å². The second-order valence-electron chi connectivity index (χ2n) is 5.20. The van der Waals surface area contributed by atoms with E-state index < -0.39 is 11.5 Å². The van der Waals surface area contributed by atoms with Gasteiger partial charge < -0.3 is 15.3 Å². The minimum atomic E-state index is -0.958. The summed E-state index contributed by atoms with van der Waals surface area (Å²) in [7, 11) is 3.37. The average molecular weight is 244 g/mol. The molecular weight excluding hydrogens is 220 g/mol. The smallest absolute Gasteiger partial charge is 0.323 e. The Hall–Kier alpha value is -1.10. The average Bonchev–Trinajstić information content (AvgIpc) is 2.15. The Morgan fingerprint density at radius 2 is 1.88 bits per heavy atom. The summed E-state index contributed by atoms with van der Waals surface area (Å²) in [6.45, 7) is 6.00. The van der Waals surface area contributed by atoms with Crippen LogP contribution in [0.25, 0.3) is 0 Å². The SMILES string of the molecule is CC(C)CC(C)(NCCC(=O)N(C)C)C(=O)O. The molecule has 0 saturated carbocycles. The van der Waals surface area contributed by atoms with Gasteiger partial charge in [0.15, 0.2) is 0 Å². The zero-order chi connectivity index (χ0) is 13.6. The van der Waals surface area contributed by atoms with Crippen molar-refractivity contribution in [2.24, 2.45) is 5.92 Å².